The van der Waals surface area contributed by atoms with E-state index in [1.54, 1.807) is 23.1 Å². The van der Waals surface area contributed by atoms with E-state index in [0.717, 1.165) is 41.0 Å². The molecule has 4 aromatic rings. The van der Waals surface area contributed by atoms with Gasteiger partial charge in [0.25, 0.3) is 10.0 Å². The molecular formula is C27H29N9O3S. The van der Waals surface area contributed by atoms with E-state index in [4.69, 9.17) is 0 Å². The van der Waals surface area contributed by atoms with Crippen molar-refractivity contribution in [3.05, 3.63) is 60.4 Å². The third-order valence-electron chi connectivity index (χ3n) is 6.94. The zero-order valence-corrected chi connectivity index (χ0v) is 22.7. The third kappa shape index (κ3) is 5.83. The second-order valence-electron chi connectivity index (χ2n) is 10.1. The van der Waals surface area contributed by atoms with Crippen LogP contribution in [0, 0.1) is 11.8 Å². The molecule has 2 saturated carbocycles. The van der Waals surface area contributed by atoms with E-state index in [-0.39, 0.29) is 17.4 Å². The van der Waals surface area contributed by atoms with Crippen molar-refractivity contribution in [3.63, 3.8) is 0 Å². The first kappa shape index (κ1) is 26.0. The number of anilines is 3. The number of aliphatic hydroxyl groups is 1. The molecule has 2 fully saturated rings. The third-order valence-corrected chi connectivity index (χ3v) is 8.97. The molecule has 0 aromatic carbocycles. The molecule has 40 heavy (non-hydrogen) atoms. The molecule has 2 aliphatic carbocycles. The van der Waals surface area contributed by atoms with Crippen LogP contribution < -0.4 is 10.6 Å². The average molecular weight is 560 g/mol. The summed E-state index contributed by atoms with van der Waals surface area (Å²) in [4.78, 5) is 13.4. The number of nitrogens with zero attached hydrogens (tertiary/aromatic N) is 7. The van der Waals surface area contributed by atoms with Gasteiger partial charge in [-0.2, -0.15) is 14.3 Å². The summed E-state index contributed by atoms with van der Waals surface area (Å²) < 4.78 is 27.7. The molecule has 0 bridgehead atoms. The molecule has 3 N–H and O–H groups in total. The topological polar surface area (TPSA) is 153 Å². The van der Waals surface area contributed by atoms with E-state index < -0.39 is 10.0 Å². The quantitative estimate of drug-likeness (QED) is 0.288. The van der Waals surface area contributed by atoms with Crippen molar-refractivity contribution >= 4 is 27.3 Å². The molecule has 13 heteroatoms. The maximum Gasteiger partial charge on any atom is 0.256 e. The van der Waals surface area contributed by atoms with Gasteiger partial charge in [-0.25, -0.2) is 23.4 Å². The Morgan fingerprint density at radius 1 is 1.02 bits per heavy atom. The van der Waals surface area contributed by atoms with Crippen LogP contribution in [-0.4, -0.2) is 64.8 Å². The van der Waals surface area contributed by atoms with Crippen molar-refractivity contribution in [1.29, 1.82) is 0 Å². The minimum absolute atomic E-state index is 0.211. The molecule has 0 amide bonds. The highest BCUT2D eigenvalue weighted by atomic mass is 32.2. The molecule has 4 heterocycles. The summed E-state index contributed by atoms with van der Waals surface area (Å²) in [6.45, 7) is 0. The van der Waals surface area contributed by atoms with Gasteiger partial charge in [-0.1, -0.05) is 5.92 Å². The Labute approximate surface area is 231 Å². The molecule has 0 spiro atoms. The van der Waals surface area contributed by atoms with Crippen LogP contribution in [0.3, 0.4) is 0 Å². The number of nitrogens with one attached hydrogen (secondary N) is 2. The minimum Gasteiger partial charge on any atom is -0.393 e. The molecule has 6 rings (SSSR count). The van der Waals surface area contributed by atoms with Gasteiger partial charge < -0.3 is 15.7 Å². The Hall–Kier alpha value is -4.28. The van der Waals surface area contributed by atoms with Crippen molar-refractivity contribution in [2.24, 2.45) is 7.05 Å². The molecule has 0 saturated heterocycles. The lowest BCUT2D eigenvalue weighted by Crippen LogP contribution is -2.28. The first-order valence-electron chi connectivity index (χ1n) is 13.2. The van der Waals surface area contributed by atoms with Crippen molar-refractivity contribution in [1.82, 2.24) is 33.9 Å². The predicted octanol–water partition coefficient (Wildman–Crippen LogP) is 2.67. The summed E-state index contributed by atoms with van der Waals surface area (Å²) in [5.74, 6) is 7.66. The Morgan fingerprint density at radius 2 is 1.85 bits per heavy atom. The number of aromatic nitrogens is 7. The molecular weight excluding hydrogens is 530 g/mol. The molecule has 2 aliphatic rings. The van der Waals surface area contributed by atoms with Gasteiger partial charge in [0.05, 0.1) is 40.6 Å². The lowest BCUT2D eigenvalue weighted by atomic mass is 9.93. The van der Waals surface area contributed by atoms with Crippen LogP contribution in [-0.2, 0) is 17.1 Å². The Kier molecular flexibility index (Phi) is 6.95. The first-order chi connectivity index (χ1) is 19.3. The zero-order valence-electron chi connectivity index (χ0n) is 21.9. The van der Waals surface area contributed by atoms with E-state index in [1.807, 2.05) is 25.4 Å². The van der Waals surface area contributed by atoms with Gasteiger partial charge in [-0.15, -0.1) is 0 Å². The van der Waals surface area contributed by atoms with Crippen LogP contribution >= 0.6 is 0 Å². The van der Waals surface area contributed by atoms with Crippen molar-refractivity contribution < 1.29 is 13.5 Å². The SMILES string of the molecule is Cn1ccc(C#Cc2cnc(Nc3ccnc(-c4cnn(S(=O)(=O)C5CC5)c4)n3)cc2NC2CCC(O)CC2)n1. The number of aliphatic hydroxyl groups excluding tert-OH is 1. The smallest absolute Gasteiger partial charge is 0.256 e. The molecule has 4 aromatic heterocycles. The summed E-state index contributed by atoms with van der Waals surface area (Å²) in [5, 5.41) is 24.7. The van der Waals surface area contributed by atoms with Gasteiger partial charge in [-0.3, -0.25) is 4.68 Å². The second-order valence-corrected chi connectivity index (χ2v) is 12.2. The van der Waals surface area contributed by atoms with E-state index in [1.165, 1.54) is 12.4 Å². The number of pyridine rings is 1. The van der Waals surface area contributed by atoms with Crippen LogP contribution in [0.2, 0.25) is 0 Å². The monoisotopic (exact) mass is 559 g/mol. The molecule has 0 radical (unpaired) electrons. The van der Waals surface area contributed by atoms with E-state index in [2.05, 4.69) is 47.6 Å². The number of rotatable bonds is 7. The van der Waals surface area contributed by atoms with E-state index >= 15 is 0 Å². The number of aryl methyl sites for hydroxylation is 1. The summed E-state index contributed by atoms with van der Waals surface area (Å²) in [6, 6.07) is 5.66. The average Bonchev–Trinajstić information content (AvgIpc) is 3.55. The minimum atomic E-state index is -3.47. The van der Waals surface area contributed by atoms with Gasteiger partial charge in [-0.05, 0) is 56.6 Å². The second kappa shape index (κ2) is 10.7. The molecule has 0 atom stereocenters. The fourth-order valence-electron chi connectivity index (χ4n) is 4.57. The van der Waals surface area contributed by atoms with Crippen LogP contribution in [0.5, 0.6) is 0 Å². The standard InChI is InChI=1S/C27H29N9O3S/c1-35-13-11-21(34-35)3-2-18-15-29-26(14-24(18)31-20-4-6-22(37)7-5-20)32-25-10-12-28-27(33-25)19-16-30-36(17-19)40(38,39)23-8-9-23/h10-17,20,22-23,37H,4-9H2,1H3,(H2,28,29,31,32,33). The molecule has 12 nitrogen and oxygen atoms in total. The summed E-state index contributed by atoms with van der Waals surface area (Å²) in [5.41, 5.74) is 2.72. The van der Waals surface area contributed by atoms with Gasteiger partial charge in [0.1, 0.15) is 17.3 Å². The Bertz CT molecular complexity index is 1690. The van der Waals surface area contributed by atoms with Crippen molar-refractivity contribution in [2.45, 2.75) is 55.9 Å². The van der Waals surface area contributed by atoms with Crippen LogP contribution in [0.25, 0.3) is 11.4 Å². The number of hydrogen-bond acceptors (Lipinski definition) is 10. The van der Waals surface area contributed by atoms with Crippen LogP contribution in [0.15, 0.2) is 49.2 Å². The Morgan fingerprint density at radius 3 is 2.60 bits per heavy atom. The first-order valence-corrected chi connectivity index (χ1v) is 14.7. The van der Waals surface area contributed by atoms with E-state index in [9.17, 15) is 13.5 Å². The normalized spacial score (nSPS) is 19.1. The fraction of sp³-hybridized carbons (Fsp3) is 0.370. The van der Waals surface area contributed by atoms with Crippen molar-refractivity contribution in [3.8, 4) is 23.2 Å². The largest absolute Gasteiger partial charge is 0.393 e. The molecule has 0 unspecified atom stereocenters. The maximum absolute atomic E-state index is 12.5. The summed E-state index contributed by atoms with van der Waals surface area (Å²) in [6.07, 6.45) is 12.3. The fourth-order valence-corrected chi connectivity index (χ4v) is 6.05. The highest BCUT2D eigenvalue weighted by molar-refractivity contribution is 7.90. The lowest BCUT2D eigenvalue weighted by Gasteiger charge is -2.27. The highest BCUT2D eigenvalue weighted by Gasteiger charge is 2.37. The van der Waals surface area contributed by atoms with Gasteiger partial charge in [0.15, 0.2) is 5.82 Å². The predicted molar refractivity (Wildman–Crippen MR) is 149 cm³/mol. The summed E-state index contributed by atoms with van der Waals surface area (Å²) in [7, 11) is -1.62. The van der Waals surface area contributed by atoms with Gasteiger partial charge in [0.2, 0.25) is 0 Å². The number of hydrogen-bond donors (Lipinski definition) is 3. The van der Waals surface area contributed by atoms with Crippen molar-refractivity contribution in [2.75, 3.05) is 10.6 Å². The van der Waals surface area contributed by atoms with Crippen LogP contribution in [0.4, 0.5) is 17.3 Å². The lowest BCUT2D eigenvalue weighted by molar-refractivity contribution is 0.126. The molecule has 0 aliphatic heterocycles. The van der Waals surface area contributed by atoms with E-state index in [0.29, 0.717) is 41.6 Å². The Balaban J connectivity index is 1.24. The summed E-state index contributed by atoms with van der Waals surface area (Å²) >= 11 is 0. The van der Waals surface area contributed by atoms with Gasteiger partial charge >= 0.3 is 0 Å². The molecule has 206 valence electrons. The van der Waals surface area contributed by atoms with Gasteiger partial charge in [0, 0.05) is 37.7 Å². The highest BCUT2D eigenvalue weighted by Crippen LogP contribution is 2.30. The van der Waals surface area contributed by atoms with Crippen LogP contribution in [0.1, 0.15) is 49.8 Å². The zero-order chi connectivity index (χ0) is 27.7. The maximum atomic E-state index is 12.5.